The van der Waals surface area contributed by atoms with Crippen molar-refractivity contribution in [1.82, 2.24) is 9.88 Å². The van der Waals surface area contributed by atoms with Crippen molar-refractivity contribution in [3.05, 3.63) is 70.9 Å². The van der Waals surface area contributed by atoms with Gasteiger partial charge in [0.05, 0.1) is 22.7 Å². The molecule has 0 bridgehead atoms. The summed E-state index contributed by atoms with van der Waals surface area (Å²) in [4.78, 5) is 24.2. The summed E-state index contributed by atoms with van der Waals surface area (Å²) in [6.07, 6.45) is 6.05. The Kier molecular flexibility index (Phi) is 6.03. The highest BCUT2D eigenvalue weighted by Gasteiger charge is 2.19. The van der Waals surface area contributed by atoms with Crippen LogP contribution in [0.2, 0.25) is 0 Å². The van der Waals surface area contributed by atoms with Crippen LogP contribution in [0.15, 0.2) is 48.5 Å². The third-order valence-electron chi connectivity index (χ3n) is 6.08. The molecule has 1 saturated carbocycles. The van der Waals surface area contributed by atoms with E-state index in [2.05, 4.69) is 11.4 Å². The van der Waals surface area contributed by atoms with E-state index in [1.807, 2.05) is 16.7 Å². The van der Waals surface area contributed by atoms with Crippen molar-refractivity contribution in [1.29, 1.82) is 5.26 Å². The first-order valence-corrected chi connectivity index (χ1v) is 10.7. The van der Waals surface area contributed by atoms with Crippen LogP contribution >= 0.6 is 0 Å². The van der Waals surface area contributed by atoms with Gasteiger partial charge in [0.25, 0.3) is 5.91 Å². The van der Waals surface area contributed by atoms with Gasteiger partial charge in [-0.2, -0.15) is 5.26 Å². The second kappa shape index (κ2) is 9.05. The lowest BCUT2D eigenvalue weighted by atomic mass is 9.89. The first-order valence-electron chi connectivity index (χ1n) is 10.7. The molecule has 158 valence electrons. The van der Waals surface area contributed by atoms with Gasteiger partial charge in [-0.25, -0.2) is 4.79 Å². The lowest BCUT2D eigenvalue weighted by molar-refractivity contribution is 0.0696. The van der Waals surface area contributed by atoms with Gasteiger partial charge in [-0.3, -0.25) is 4.79 Å². The van der Waals surface area contributed by atoms with Crippen molar-refractivity contribution in [2.45, 2.75) is 38.6 Å². The topological polar surface area (TPSA) is 95.1 Å². The molecule has 0 atom stereocenters. The number of nitriles is 1. The molecule has 1 heterocycles. The Hall–Kier alpha value is -3.59. The van der Waals surface area contributed by atoms with Gasteiger partial charge in [0.15, 0.2) is 0 Å². The second-order valence-corrected chi connectivity index (χ2v) is 8.22. The van der Waals surface area contributed by atoms with Gasteiger partial charge < -0.3 is 15.0 Å². The second-order valence-electron chi connectivity index (χ2n) is 8.22. The van der Waals surface area contributed by atoms with Gasteiger partial charge in [0.1, 0.15) is 5.69 Å². The van der Waals surface area contributed by atoms with Crippen LogP contribution in [0, 0.1) is 17.2 Å². The Balaban J connectivity index is 1.64. The van der Waals surface area contributed by atoms with Crippen LogP contribution in [-0.2, 0) is 6.54 Å². The molecule has 3 aromatic rings. The number of nitrogens with one attached hydrogen (secondary N) is 1. The molecule has 31 heavy (non-hydrogen) atoms. The van der Waals surface area contributed by atoms with E-state index in [0.29, 0.717) is 30.3 Å². The molecule has 6 nitrogen and oxygen atoms in total. The van der Waals surface area contributed by atoms with E-state index < -0.39 is 5.97 Å². The fourth-order valence-electron chi connectivity index (χ4n) is 4.34. The summed E-state index contributed by atoms with van der Waals surface area (Å²) in [5.41, 5.74) is 2.99. The third kappa shape index (κ3) is 4.61. The minimum absolute atomic E-state index is 0.123. The molecule has 1 aliphatic rings. The van der Waals surface area contributed by atoms with E-state index in [1.165, 1.54) is 19.3 Å². The van der Waals surface area contributed by atoms with Gasteiger partial charge >= 0.3 is 5.97 Å². The van der Waals surface area contributed by atoms with E-state index in [9.17, 15) is 14.9 Å². The molecule has 0 spiro atoms. The van der Waals surface area contributed by atoms with Crippen LogP contribution in [0.4, 0.5) is 0 Å². The zero-order valence-corrected chi connectivity index (χ0v) is 17.3. The lowest BCUT2D eigenvalue weighted by Crippen LogP contribution is -2.31. The minimum atomic E-state index is -0.973. The summed E-state index contributed by atoms with van der Waals surface area (Å²) in [5.74, 6) is -0.564. The Morgan fingerprint density at radius 2 is 1.81 bits per heavy atom. The highest BCUT2D eigenvalue weighted by molar-refractivity contribution is 5.99. The first kappa shape index (κ1) is 20.7. The standard InChI is InChI=1S/C25H25N3O3/c26-14-19-8-11-21-13-23(24(29)27-15-17-4-2-1-3-5-17)28(22(21)12-19)16-18-6-9-20(10-7-18)25(30)31/h6-13,17H,1-5,15-16H2,(H,27,29)(H,30,31). The summed E-state index contributed by atoms with van der Waals surface area (Å²) in [7, 11) is 0. The zero-order valence-electron chi connectivity index (χ0n) is 17.3. The number of rotatable bonds is 6. The molecule has 1 aromatic heterocycles. The number of carbonyl (C=O) groups excluding carboxylic acids is 1. The highest BCUT2D eigenvalue weighted by Crippen LogP contribution is 2.25. The number of hydrogen-bond donors (Lipinski definition) is 2. The lowest BCUT2D eigenvalue weighted by Gasteiger charge is -2.22. The predicted octanol–water partition coefficient (Wildman–Crippen LogP) is 4.57. The Morgan fingerprint density at radius 1 is 1.06 bits per heavy atom. The molecular formula is C25H25N3O3. The van der Waals surface area contributed by atoms with Gasteiger partial charge in [-0.15, -0.1) is 0 Å². The molecule has 4 rings (SSSR count). The molecule has 6 heteroatoms. The first-order chi connectivity index (χ1) is 15.0. The maximum absolute atomic E-state index is 13.1. The summed E-state index contributed by atoms with van der Waals surface area (Å²) in [5, 5.41) is 22.4. The fraction of sp³-hybridized carbons (Fsp3) is 0.320. The Morgan fingerprint density at radius 3 is 2.48 bits per heavy atom. The minimum Gasteiger partial charge on any atom is -0.478 e. The monoisotopic (exact) mass is 415 g/mol. The zero-order chi connectivity index (χ0) is 21.8. The summed E-state index contributed by atoms with van der Waals surface area (Å²) < 4.78 is 1.90. The molecule has 1 amide bonds. The number of carboxylic acid groups (broad SMARTS) is 1. The number of amides is 1. The fourth-order valence-corrected chi connectivity index (χ4v) is 4.34. The van der Waals surface area contributed by atoms with E-state index in [-0.39, 0.29) is 11.5 Å². The van der Waals surface area contributed by atoms with Crippen molar-refractivity contribution >= 4 is 22.8 Å². The van der Waals surface area contributed by atoms with E-state index >= 15 is 0 Å². The van der Waals surface area contributed by atoms with Crippen molar-refractivity contribution in [3.63, 3.8) is 0 Å². The molecule has 0 unspecified atom stereocenters. The number of carboxylic acids is 1. The normalized spacial score (nSPS) is 14.3. The summed E-state index contributed by atoms with van der Waals surface area (Å²) in [6, 6.07) is 16.1. The summed E-state index contributed by atoms with van der Waals surface area (Å²) in [6.45, 7) is 1.08. The maximum atomic E-state index is 13.1. The summed E-state index contributed by atoms with van der Waals surface area (Å²) >= 11 is 0. The van der Waals surface area contributed by atoms with Gasteiger partial charge in [0, 0.05) is 18.5 Å². The van der Waals surface area contributed by atoms with Crippen molar-refractivity contribution in [2.75, 3.05) is 6.54 Å². The number of aromatic carboxylic acids is 1. The average molecular weight is 415 g/mol. The van der Waals surface area contributed by atoms with E-state index in [1.54, 1.807) is 36.4 Å². The molecule has 1 fully saturated rings. The predicted molar refractivity (Wildman–Crippen MR) is 118 cm³/mol. The largest absolute Gasteiger partial charge is 0.478 e. The van der Waals surface area contributed by atoms with Crippen LogP contribution in [-0.4, -0.2) is 28.1 Å². The van der Waals surface area contributed by atoms with Crippen molar-refractivity contribution in [2.24, 2.45) is 5.92 Å². The molecule has 2 aromatic carbocycles. The molecule has 2 N–H and O–H groups in total. The van der Waals surface area contributed by atoms with Crippen LogP contribution in [0.3, 0.4) is 0 Å². The van der Waals surface area contributed by atoms with Crippen LogP contribution in [0.5, 0.6) is 0 Å². The van der Waals surface area contributed by atoms with Crippen LogP contribution < -0.4 is 5.32 Å². The quantitative estimate of drug-likeness (QED) is 0.616. The van der Waals surface area contributed by atoms with Crippen molar-refractivity contribution in [3.8, 4) is 6.07 Å². The number of carbonyl (C=O) groups is 2. The van der Waals surface area contributed by atoms with Gasteiger partial charge in [0.2, 0.25) is 0 Å². The molecular weight excluding hydrogens is 390 g/mol. The van der Waals surface area contributed by atoms with E-state index in [0.717, 1.165) is 29.3 Å². The number of hydrogen-bond acceptors (Lipinski definition) is 3. The smallest absolute Gasteiger partial charge is 0.335 e. The molecule has 1 aliphatic carbocycles. The van der Waals surface area contributed by atoms with Gasteiger partial charge in [-0.1, -0.05) is 37.5 Å². The Bertz CT molecular complexity index is 1150. The molecule has 0 saturated heterocycles. The number of fused-ring (bicyclic) bond motifs is 1. The number of benzene rings is 2. The third-order valence-corrected chi connectivity index (χ3v) is 6.08. The van der Waals surface area contributed by atoms with E-state index in [4.69, 9.17) is 5.11 Å². The maximum Gasteiger partial charge on any atom is 0.335 e. The van der Waals surface area contributed by atoms with Crippen LogP contribution in [0.25, 0.3) is 10.9 Å². The Labute approximate surface area is 181 Å². The van der Waals surface area contributed by atoms with Gasteiger partial charge in [-0.05, 0) is 54.7 Å². The molecule has 0 aliphatic heterocycles. The molecule has 0 radical (unpaired) electrons. The van der Waals surface area contributed by atoms with Crippen molar-refractivity contribution < 1.29 is 14.7 Å². The highest BCUT2D eigenvalue weighted by atomic mass is 16.4. The SMILES string of the molecule is N#Cc1ccc2cc(C(=O)NCC3CCCCC3)n(Cc3ccc(C(=O)O)cc3)c2c1. The van der Waals surface area contributed by atoms with Crippen LogP contribution in [0.1, 0.15) is 64.1 Å². The average Bonchev–Trinajstić information content (AvgIpc) is 3.16. The number of aromatic nitrogens is 1. The number of nitrogens with zero attached hydrogens (tertiary/aromatic N) is 2.